The molecule has 1 aromatic carbocycles. The van der Waals surface area contributed by atoms with Gasteiger partial charge in [0.15, 0.2) is 0 Å². The molecule has 0 radical (unpaired) electrons. The predicted octanol–water partition coefficient (Wildman–Crippen LogP) is 3.53. The third-order valence-electron chi connectivity index (χ3n) is 2.79. The zero-order valence-electron chi connectivity index (χ0n) is 9.47. The van der Waals surface area contributed by atoms with E-state index < -0.39 is 0 Å². The summed E-state index contributed by atoms with van der Waals surface area (Å²) in [5.74, 6) is 0.526. The van der Waals surface area contributed by atoms with E-state index >= 15 is 0 Å². The van der Waals surface area contributed by atoms with E-state index in [4.69, 9.17) is 17.3 Å². The summed E-state index contributed by atoms with van der Waals surface area (Å²) >= 11 is 5.77. The van der Waals surface area contributed by atoms with E-state index in [1.165, 1.54) is 0 Å². The second-order valence-corrected chi connectivity index (χ2v) is 4.37. The lowest BCUT2D eigenvalue weighted by Crippen LogP contribution is -1.94. The highest BCUT2D eigenvalue weighted by atomic mass is 35.5. The highest BCUT2D eigenvalue weighted by Crippen LogP contribution is 2.26. The molecule has 0 bridgehead atoms. The lowest BCUT2D eigenvalue weighted by molar-refractivity contribution is 1.29. The zero-order valence-corrected chi connectivity index (χ0v) is 10.2. The second-order valence-electron chi connectivity index (χ2n) is 3.98. The van der Waals surface area contributed by atoms with Gasteiger partial charge in [0, 0.05) is 17.1 Å². The number of nitrogens with zero attached hydrogens (tertiary/aromatic N) is 2. The first-order valence-electron chi connectivity index (χ1n) is 5.51. The average molecular weight is 256 g/mol. The molecule has 0 unspecified atom stereocenters. The lowest BCUT2D eigenvalue weighted by Gasteiger charge is -2.06. The van der Waals surface area contributed by atoms with Crippen molar-refractivity contribution in [2.75, 3.05) is 5.73 Å². The number of nitrogen functional groups attached to an aromatic ring is 1. The molecule has 18 heavy (non-hydrogen) atoms. The van der Waals surface area contributed by atoms with Gasteiger partial charge in [0.05, 0.1) is 5.69 Å². The Bertz CT molecular complexity index is 708. The average Bonchev–Trinajstić information content (AvgIpc) is 2.39. The largest absolute Gasteiger partial charge is 0.383 e. The molecule has 2 heterocycles. The maximum absolute atomic E-state index is 5.97. The molecule has 0 aliphatic heterocycles. The van der Waals surface area contributed by atoms with Crippen molar-refractivity contribution in [2.24, 2.45) is 0 Å². The Morgan fingerprint density at radius 3 is 2.67 bits per heavy atom. The molecule has 0 amide bonds. The van der Waals surface area contributed by atoms with Crippen molar-refractivity contribution in [1.82, 2.24) is 9.97 Å². The molecular weight excluding hydrogens is 246 g/mol. The standard InChI is InChI=1S/C14H10ClN3/c15-13-6-5-10(8-17-13)12-7-9-3-1-2-4-11(9)14(16)18-12/h1-8H,(H2,16,18). The monoisotopic (exact) mass is 255 g/mol. The SMILES string of the molecule is Nc1nc(-c2ccc(Cl)nc2)cc2ccccc12. The molecule has 0 fully saturated rings. The Labute approximate surface area is 109 Å². The van der Waals surface area contributed by atoms with Gasteiger partial charge in [0.25, 0.3) is 0 Å². The topological polar surface area (TPSA) is 51.8 Å². The summed E-state index contributed by atoms with van der Waals surface area (Å²) in [6.07, 6.45) is 1.69. The second kappa shape index (κ2) is 4.27. The molecule has 2 N–H and O–H groups in total. The van der Waals surface area contributed by atoms with Crippen molar-refractivity contribution in [2.45, 2.75) is 0 Å². The van der Waals surface area contributed by atoms with Crippen LogP contribution >= 0.6 is 11.6 Å². The van der Waals surface area contributed by atoms with Crippen LogP contribution in [-0.4, -0.2) is 9.97 Å². The van der Waals surface area contributed by atoms with Crippen molar-refractivity contribution in [1.29, 1.82) is 0 Å². The van der Waals surface area contributed by atoms with Gasteiger partial charge >= 0.3 is 0 Å². The number of halogens is 1. The highest BCUT2D eigenvalue weighted by molar-refractivity contribution is 6.29. The fraction of sp³-hybridized carbons (Fsp3) is 0. The van der Waals surface area contributed by atoms with Gasteiger partial charge in [-0.2, -0.15) is 0 Å². The molecule has 0 saturated carbocycles. The van der Waals surface area contributed by atoms with Gasteiger partial charge in [0.2, 0.25) is 0 Å². The maximum Gasteiger partial charge on any atom is 0.131 e. The molecular formula is C14H10ClN3. The van der Waals surface area contributed by atoms with Crippen LogP contribution in [0.1, 0.15) is 0 Å². The maximum atomic E-state index is 5.97. The van der Waals surface area contributed by atoms with E-state index in [0.717, 1.165) is 22.0 Å². The van der Waals surface area contributed by atoms with Crippen molar-refractivity contribution < 1.29 is 0 Å². The molecule has 3 rings (SSSR count). The normalized spacial score (nSPS) is 10.7. The van der Waals surface area contributed by atoms with Gasteiger partial charge in [-0.15, -0.1) is 0 Å². The minimum Gasteiger partial charge on any atom is -0.383 e. The number of anilines is 1. The van der Waals surface area contributed by atoms with Gasteiger partial charge in [0.1, 0.15) is 11.0 Å². The van der Waals surface area contributed by atoms with E-state index in [0.29, 0.717) is 11.0 Å². The zero-order chi connectivity index (χ0) is 12.5. The van der Waals surface area contributed by atoms with Crippen LogP contribution < -0.4 is 5.73 Å². The van der Waals surface area contributed by atoms with E-state index in [1.54, 1.807) is 12.3 Å². The Morgan fingerprint density at radius 1 is 1.06 bits per heavy atom. The first kappa shape index (κ1) is 11.0. The Kier molecular flexibility index (Phi) is 2.61. The molecule has 0 aliphatic rings. The summed E-state index contributed by atoms with van der Waals surface area (Å²) in [6.45, 7) is 0. The van der Waals surface area contributed by atoms with E-state index in [2.05, 4.69) is 9.97 Å². The molecule has 2 aromatic heterocycles. The number of hydrogen-bond acceptors (Lipinski definition) is 3. The fourth-order valence-electron chi connectivity index (χ4n) is 1.90. The van der Waals surface area contributed by atoms with E-state index in [9.17, 15) is 0 Å². The van der Waals surface area contributed by atoms with Crippen LogP contribution in [0.3, 0.4) is 0 Å². The number of aromatic nitrogens is 2. The summed E-state index contributed by atoms with van der Waals surface area (Å²) in [7, 11) is 0. The molecule has 0 atom stereocenters. The summed E-state index contributed by atoms with van der Waals surface area (Å²) < 4.78 is 0. The summed E-state index contributed by atoms with van der Waals surface area (Å²) in [5, 5.41) is 2.49. The lowest BCUT2D eigenvalue weighted by atomic mass is 10.1. The summed E-state index contributed by atoms with van der Waals surface area (Å²) in [4.78, 5) is 8.45. The number of pyridine rings is 2. The molecule has 88 valence electrons. The minimum absolute atomic E-state index is 0.465. The van der Waals surface area contributed by atoms with Crippen molar-refractivity contribution in [3.8, 4) is 11.3 Å². The van der Waals surface area contributed by atoms with Crippen LogP contribution in [0.5, 0.6) is 0 Å². The molecule has 0 spiro atoms. The third kappa shape index (κ3) is 1.89. The van der Waals surface area contributed by atoms with Crippen LogP contribution in [0.15, 0.2) is 48.7 Å². The van der Waals surface area contributed by atoms with Crippen LogP contribution in [-0.2, 0) is 0 Å². The van der Waals surface area contributed by atoms with Gasteiger partial charge < -0.3 is 5.73 Å². The first-order chi connectivity index (χ1) is 8.74. The molecule has 0 aliphatic carbocycles. The molecule has 3 aromatic rings. The van der Waals surface area contributed by atoms with Crippen LogP contribution in [0, 0.1) is 0 Å². The van der Waals surface area contributed by atoms with Crippen molar-refractivity contribution in [3.63, 3.8) is 0 Å². The fourth-order valence-corrected chi connectivity index (χ4v) is 2.01. The quantitative estimate of drug-likeness (QED) is 0.677. The van der Waals surface area contributed by atoms with Gasteiger partial charge in [-0.25, -0.2) is 9.97 Å². The number of rotatable bonds is 1. The Balaban J connectivity index is 2.21. The van der Waals surface area contributed by atoms with E-state index in [1.807, 2.05) is 36.4 Å². The van der Waals surface area contributed by atoms with Crippen molar-refractivity contribution >= 4 is 28.2 Å². The van der Waals surface area contributed by atoms with E-state index in [-0.39, 0.29) is 0 Å². The molecule has 4 heteroatoms. The Hall–Kier alpha value is -2.13. The molecule has 0 saturated heterocycles. The smallest absolute Gasteiger partial charge is 0.131 e. The molecule has 3 nitrogen and oxygen atoms in total. The number of benzene rings is 1. The number of hydrogen-bond donors (Lipinski definition) is 1. The Morgan fingerprint density at radius 2 is 1.89 bits per heavy atom. The van der Waals surface area contributed by atoms with Gasteiger partial charge in [-0.05, 0) is 23.6 Å². The van der Waals surface area contributed by atoms with Crippen molar-refractivity contribution in [3.05, 3.63) is 53.8 Å². The van der Waals surface area contributed by atoms with Crippen LogP contribution in [0.25, 0.3) is 22.0 Å². The minimum atomic E-state index is 0.465. The van der Waals surface area contributed by atoms with Gasteiger partial charge in [-0.1, -0.05) is 35.9 Å². The van der Waals surface area contributed by atoms with Crippen LogP contribution in [0.4, 0.5) is 5.82 Å². The third-order valence-corrected chi connectivity index (χ3v) is 3.02. The highest BCUT2D eigenvalue weighted by Gasteiger charge is 2.05. The summed E-state index contributed by atoms with van der Waals surface area (Å²) in [5.41, 5.74) is 7.67. The number of nitrogens with two attached hydrogens (primary N) is 1. The van der Waals surface area contributed by atoms with Gasteiger partial charge in [-0.3, -0.25) is 0 Å². The number of fused-ring (bicyclic) bond motifs is 1. The predicted molar refractivity (Wildman–Crippen MR) is 74.4 cm³/mol. The summed E-state index contributed by atoms with van der Waals surface area (Å²) in [6, 6.07) is 13.5. The first-order valence-corrected chi connectivity index (χ1v) is 5.89. The van der Waals surface area contributed by atoms with Crippen LogP contribution in [0.2, 0.25) is 5.15 Å².